The highest BCUT2D eigenvalue weighted by Crippen LogP contribution is 2.17. The average molecular weight is 323 g/mol. The van der Waals surface area contributed by atoms with E-state index >= 15 is 0 Å². The summed E-state index contributed by atoms with van der Waals surface area (Å²) in [6, 6.07) is 1.31. The van der Waals surface area contributed by atoms with Crippen LogP contribution in [-0.4, -0.2) is 45.4 Å². The summed E-state index contributed by atoms with van der Waals surface area (Å²) in [6.45, 7) is -0.456. The van der Waals surface area contributed by atoms with Gasteiger partial charge in [0, 0.05) is 18.3 Å². The first kappa shape index (κ1) is 16.8. The molecule has 0 aromatic carbocycles. The smallest absolute Gasteiger partial charge is 0.325 e. The molecule has 1 heterocycles. The largest absolute Gasteiger partial charge is 0.480 e. The highest BCUT2D eigenvalue weighted by Gasteiger charge is 2.16. The first-order valence-corrected chi connectivity index (χ1v) is 7.62. The van der Waals surface area contributed by atoms with Gasteiger partial charge in [0.2, 0.25) is 5.91 Å². The lowest BCUT2D eigenvalue weighted by Gasteiger charge is -2.22. The Morgan fingerprint density at radius 2 is 2.00 bits per heavy atom. The fraction of sp³-hybridized carbons (Fsp3) is 0.571. The quantitative estimate of drug-likeness (QED) is 0.608. The summed E-state index contributed by atoms with van der Waals surface area (Å²) < 4.78 is 1.20. The van der Waals surface area contributed by atoms with Gasteiger partial charge in [-0.25, -0.2) is 4.79 Å². The number of carboxylic acid groups (broad SMARTS) is 1. The SMILES string of the molecule is O=C(O)Cn1ccc(NC(=O)CNC(=O)NC2CCCCC2)n1. The van der Waals surface area contributed by atoms with E-state index in [-0.39, 0.29) is 31.0 Å². The van der Waals surface area contributed by atoms with Crippen LogP contribution >= 0.6 is 0 Å². The average Bonchev–Trinajstić information content (AvgIpc) is 2.92. The Bertz CT molecular complexity index is 565. The predicted octanol–water partition coefficient (Wildman–Crippen LogP) is 0.538. The van der Waals surface area contributed by atoms with Gasteiger partial charge in [-0.15, -0.1) is 0 Å². The standard InChI is InChI=1S/C14H21N5O4/c20-12(17-11-6-7-19(18-11)9-13(21)22)8-15-14(23)16-10-4-2-1-3-5-10/h6-7,10H,1-5,8-9H2,(H,21,22)(H2,15,16,23)(H,17,18,20). The van der Waals surface area contributed by atoms with Crippen LogP contribution in [0.2, 0.25) is 0 Å². The number of urea groups is 1. The molecule has 0 radical (unpaired) electrons. The van der Waals surface area contributed by atoms with Gasteiger partial charge in [-0.05, 0) is 12.8 Å². The molecular formula is C14H21N5O4. The number of nitrogens with zero attached hydrogens (tertiary/aromatic N) is 2. The van der Waals surface area contributed by atoms with Crippen molar-refractivity contribution in [3.05, 3.63) is 12.3 Å². The monoisotopic (exact) mass is 323 g/mol. The van der Waals surface area contributed by atoms with E-state index in [0.29, 0.717) is 0 Å². The lowest BCUT2D eigenvalue weighted by atomic mass is 9.96. The zero-order valence-corrected chi connectivity index (χ0v) is 12.7. The van der Waals surface area contributed by atoms with E-state index in [2.05, 4.69) is 21.0 Å². The number of aliphatic carboxylic acids is 1. The molecule has 0 bridgehead atoms. The van der Waals surface area contributed by atoms with Gasteiger partial charge in [-0.3, -0.25) is 14.3 Å². The van der Waals surface area contributed by atoms with Crippen molar-refractivity contribution in [1.29, 1.82) is 0 Å². The summed E-state index contributed by atoms with van der Waals surface area (Å²) in [5.41, 5.74) is 0. The van der Waals surface area contributed by atoms with Crippen molar-refractivity contribution in [2.45, 2.75) is 44.7 Å². The van der Waals surface area contributed by atoms with Crippen LogP contribution in [0.3, 0.4) is 0 Å². The number of carboxylic acids is 1. The molecule has 126 valence electrons. The number of anilines is 1. The molecule has 0 aliphatic heterocycles. The molecule has 2 rings (SSSR count). The van der Waals surface area contributed by atoms with Gasteiger partial charge in [0.05, 0.1) is 6.54 Å². The Balaban J connectivity index is 1.68. The van der Waals surface area contributed by atoms with E-state index in [4.69, 9.17) is 5.11 Å². The number of nitrogens with one attached hydrogen (secondary N) is 3. The molecule has 23 heavy (non-hydrogen) atoms. The highest BCUT2D eigenvalue weighted by molar-refractivity contribution is 5.93. The molecular weight excluding hydrogens is 302 g/mol. The van der Waals surface area contributed by atoms with Crippen LogP contribution in [0.25, 0.3) is 0 Å². The molecule has 3 amide bonds. The Morgan fingerprint density at radius 1 is 1.26 bits per heavy atom. The second-order valence-corrected chi connectivity index (χ2v) is 5.50. The van der Waals surface area contributed by atoms with Crippen molar-refractivity contribution in [1.82, 2.24) is 20.4 Å². The van der Waals surface area contributed by atoms with Crippen molar-refractivity contribution in [2.24, 2.45) is 0 Å². The zero-order chi connectivity index (χ0) is 16.7. The number of aromatic nitrogens is 2. The molecule has 4 N–H and O–H groups in total. The third-order valence-electron chi connectivity index (χ3n) is 3.56. The number of carbonyl (C=O) groups excluding carboxylic acids is 2. The van der Waals surface area contributed by atoms with Crippen molar-refractivity contribution in [2.75, 3.05) is 11.9 Å². The molecule has 1 aliphatic rings. The third kappa shape index (κ3) is 5.97. The molecule has 1 saturated carbocycles. The lowest BCUT2D eigenvalue weighted by Crippen LogP contribution is -2.45. The van der Waals surface area contributed by atoms with E-state index in [9.17, 15) is 14.4 Å². The third-order valence-corrected chi connectivity index (χ3v) is 3.56. The van der Waals surface area contributed by atoms with Crippen molar-refractivity contribution in [3.8, 4) is 0 Å². The number of carbonyl (C=O) groups is 3. The van der Waals surface area contributed by atoms with Gasteiger partial charge in [0.1, 0.15) is 6.54 Å². The summed E-state index contributed by atoms with van der Waals surface area (Å²) in [6.07, 6.45) is 6.83. The van der Waals surface area contributed by atoms with Crippen LogP contribution < -0.4 is 16.0 Å². The number of hydrogen-bond donors (Lipinski definition) is 4. The fourth-order valence-electron chi connectivity index (χ4n) is 2.49. The Labute approximate surface area is 133 Å². The van der Waals surface area contributed by atoms with Gasteiger partial charge >= 0.3 is 12.0 Å². The molecule has 9 nitrogen and oxygen atoms in total. The summed E-state index contributed by atoms with van der Waals surface area (Å²) in [4.78, 5) is 34.0. The van der Waals surface area contributed by atoms with E-state index < -0.39 is 11.9 Å². The number of amides is 3. The van der Waals surface area contributed by atoms with Crippen LogP contribution in [0, 0.1) is 0 Å². The van der Waals surface area contributed by atoms with Crippen LogP contribution in [0.5, 0.6) is 0 Å². The molecule has 0 unspecified atom stereocenters. The first-order valence-electron chi connectivity index (χ1n) is 7.62. The molecule has 9 heteroatoms. The molecule has 1 aromatic rings. The van der Waals surface area contributed by atoms with E-state index in [1.54, 1.807) is 0 Å². The van der Waals surface area contributed by atoms with Crippen LogP contribution in [0.4, 0.5) is 10.6 Å². The van der Waals surface area contributed by atoms with Crippen LogP contribution in [0.15, 0.2) is 12.3 Å². The number of hydrogen-bond acceptors (Lipinski definition) is 4. The molecule has 1 aromatic heterocycles. The van der Waals surface area contributed by atoms with Gasteiger partial charge in [0.25, 0.3) is 0 Å². The topological polar surface area (TPSA) is 125 Å². The summed E-state index contributed by atoms with van der Waals surface area (Å²) in [5, 5.41) is 20.4. The molecule has 1 fully saturated rings. The summed E-state index contributed by atoms with van der Waals surface area (Å²) in [5.74, 6) is -1.21. The fourth-order valence-corrected chi connectivity index (χ4v) is 2.49. The first-order chi connectivity index (χ1) is 11.0. The second-order valence-electron chi connectivity index (χ2n) is 5.50. The van der Waals surface area contributed by atoms with Crippen molar-refractivity contribution >= 4 is 23.7 Å². The maximum Gasteiger partial charge on any atom is 0.325 e. The maximum absolute atomic E-state index is 11.7. The highest BCUT2D eigenvalue weighted by atomic mass is 16.4. The van der Waals surface area contributed by atoms with Crippen LogP contribution in [0.1, 0.15) is 32.1 Å². The minimum absolute atomic E-state index is 0.176. The van der Waals surface area contributed by atoms with E-state index in [1.807, 2.05) is 0 Å². The maximum atomic E-state index is 11.7. The Morgan fingerprint density at radius 3 is 2.70 bits per heavy atom. The summed E-state index contributed by atoms with van der Waals surface area (Å²) >= 11 is 0. The zero-order valence-electron chi connectivity index (χ0n) is 12.7. The van der Waals surface area contributed by atoms with E-state index in [0.717, 1.165) is 25.7 Å². The van der Waals surface area contributed by atoms with Gasteiger partial charge in [-0.2, -0.15) is 5.10 Å². The van der Waals surface area contributed by atoms with Gasteiger partial charge < -0.3 is 21.1 Å². The predicted molar refractivity (Wildman–Crippen MR) is 81.9 cm³/mol. The Hall–Kier alpha value is -2.58. The number of rotatable bonds is 6. The second kappa shape index (κ2) is 8.16. The Kier molecular flexibility index (Phi) is 5.95. The molecule has 1 aliphatic carbocycles. The summed E-state index contributed by atoms with van der Waals surface area (Å²) in [7, 11) is 0. The molecule has 0 atom stereocenters. The molecule has 0 saturated heterocycles. The van der Waals surface area contributed by atoms with Gasteiger partial charge in [0.15, 0.2) is 5.82 Å². The van der Waals surface area contributed by atoms with Crippen molar-refractivity contribution < 1.29 is 19.5 Å². The minimum atomic E-state index is -1.02. The van der Waals surface area contributed by atoms with E-state index in [1.165, 1.54) is 23.4 Å². The van der Waals surface area contributed by atoms with Gasteiger partial charge in [-0.1, -0.05) is 19.3 Å². The lowest BCUT2D eigenvalue weighted by molar-refractivity contribution is -0.137. The molecule has 0 spiro atoms. The normalized spacial score (nSPS) is 15.0. The van der Waals surface area contributed by atoms with Crippen molar-refractivity contribution in [3.63, 3.8) is 0 Å². The van der Waals surface area contributed by atoms with Crippen LogP contribution in [-0.2, 0) is 16.1 Å². The minimum Gasteiger partial charge on any atom is -0.480 e.